The molecule has 0 radical (unpaired) electrons. The monoisotopic (exact) mass is 309 g/mol. The van der Waals surface area contributed by atoms with E-state index in [1.807, 2.05) is 42.6 Å². The van der Waals surface area contributed by atoms with Crippen molar-refractivity contribution in [2.75, 3.05) is 0 Å². The lowest BCUT2D eigenvalue weighted by Crippen LogP contribution is -1.99. The largest absolute Gasteiger partial charge is 0.343 e. The Balaban J connectivity index is 2.08. The average molecular weight is 311 g/mol. The van der Waals surface area contributed by atoms with E-state index in [1.165, 1.54) is 0 Å². The van der Waals surface area contributed by atoms with Gasteiger partial charge in [0.25, 0.3) is 0 Å². The molecule has 0 amide bonds. The van der Waals surface area contributed by atoms with Crippen LogP contribution in [0.1, 0.15) is 5.56 Å². The standard InChI is InChI=1S/C15H10Cl3N/c16-11-5-4-10-6-7-19(15(10)8-11)9-12-13(17)2-1-3-14(12)18/h1-8H,9H2. The van der Waals surface area contributed by atoms with E-state index in [4.69, 9.17) is 34.8 Å². The summed E-state index contributed by atoms with van der Waals surface area (Å²) in [7, 11) is 0. The second-order valence-corrected chi connectivity index (χ2v) is 5.60. The van der Waals surface area contributed by atoms with Crippen molar-refractivity contribution in [3.8, 4) is 0 Å². The Kier molecular flexibility index (Phi) is 3.44. The second-order valence-electron chi connectivity index (χ2n) is 4.35. The third-order valence-electron chi connectivity index (χ3n) is 3.13. The minimum absolute atomic E-state index is 0.627. The Bertz CT molecular complexity index is 726. The van der Waals surface area contributed by atoms with Gasteiger partial charge in [-0.15, -0.1) is 0 Å². The highest BCUT2D eigenvalue weighted by Crippen LogP contribution is 2.27. The van der Waals surface area contributed by atoms with Crippen LogP contribution in [0.3, 0.4) is 0 Å². The molecular formula is C15H10Cl3N. The van der Waals surface area contributed by atoms with Crippen molar-refractivity contribution in [2.24, 2.45) is 0 Å². The first kappa shape index (κ1) is 12.9. The summed E-state index contributed by atoms with van der Waals surface area (Å²) in [5.41, 5.74) is 1.99. The van der Waals surface area contributed by atoms with E-state index in [0.717, 1.165) is 21.5 Å². The number of hydrogen-bond acceptors (Lipinski definition) is 0. The number of rotatable bonds is 2. The molecule has 1 heterocycles. The van der Waals surface area contributed by atoms with Crippen LogP contribution in [0.5, 0.6) is 0 Å². The number of halogens is 3. The molecule has 2 aromatic carbocycles. The third kappa shape index (κ3) is 2.46. The highest BCUT2D eigenvalue weighted by molar-refractivity contribution is 6.36. The summed E-state index contributed by atoms with van der Waals surface area (Å²) in [4.78, 5) is 0. The summed E-state index contributed by atoms with van der Waals surface area (Å²) in [6, 6.07) is 13.4. The van der Waals surface area contributed by atoms with Gasteiger partial charge in [-0.05, 0) is 35.7 Å². The van der Waals surface area contributed by atoms with Crippen LogP contribution >= 0.6 is 34.8 Å². The van der Waals surface area contributed by atoms with Gasteiger partial charge in [-0.3, -0.25) is 0 Å². The predicted octanol–water partition coefficient (Wildman–Crippen LogP) is 5.65. The zero-order valence-electron chi connectivity index (χ0n) is 9.91. The molecule has 1 aromatic heterocycles. The van der Waals surface area contributed by atoms with Crippen molar-refractivity contribution >= 4 is 45.7 Å². The molecule has 4 heteroatoms. The van der Waals surface area contributed by atoms with Crippen molar-refractivity contribution in [3.63, 3.8) is 0 Å². The molecule has 0 saturated carbocycles. The van der Waals surface area contributed by atoms with Gasteiger partial charge in [0.15, 0.2) is 0 Å². The minimum Gasteiger partial charge on any atom is -0.343 e. The molecule has 0 aliphatic heterocycles. The van der Waals surface area contributed by atoms with Crippen LogP contribution in [0, 0.1) is 0 Å². The van der Waals surface area contributed by atoms with E-state index < -0.39 is 0 Å². The number of hydrogen-bond donors (Lipinski definition) is 0. The Labute approximate surface area is 126 Å². The zero-order valence-corrected chi connectivity index (χ0v) is 12.2. The fourth-order valence-corrected chi connectivity index (χ4v) is 2.83. The van der Waals surface area contributed by atoms with Crippen molar-refractivity contribution in [1.29, 1.82) is 0 Å². The zero-order chi connectivity index (χ0) is 13.4. The van der Waals surface area contributed by atoms with Crippen molar-refractivity contribution in [2.45, 2.75) is 6.54 Å². The lowest BCUT2D eigenvalue weighted by molar-refractivity contribution is 0.837. The van der Waals surface area contributed by atoms with E-state index in [0.29, 0.717) is 16.6 Å². The third-order valence-corrected chi connectivity index (χ3v) is 4.07. The van der Waals surface area contributed by atoms with Gasteiger partial charge in [0.2, 0.25) is 0 Å². The highest BCUT2D eigenvalue weighted by atomic mass is 35.5. The fourth-order valence-electron chi connectivity index (χ4n) is 2.15. The van der Waals surface area contributed by atoms with Crippen LogP contribution in [-0.4, -0.2) is 4.57 Å². The Morgan fingerprint density at radius 2 is 1.63 bits per heavy atom. The Morgan fingerprint density at radius 3 is 2.37 bits per heavy atom. The van der Waals surface area contributed by atoms with Gasteiger partial charge >= 0.3 is 0 Å². The molecule has 0 saturated heterocycles. The number of aromatic nitrogens is 1. The van der Waals surface area contributed by atoms with Crippen LogP contribution < -0.4 is 0 Å². The normalized spacial score (nSPS) is 11.1. The minimum atomic E-state index is 0.627. The average Bonchev–Trinajstić information content (AvgIpc) is 2.76. The summed E-state index contributed by atoms with van der Waals surface area (Å²) in [5.74, 6) is 0. The number of fused-ring (bicyclic) bond motifs is 1. The van der Waals surface area contributed by atoms with E-state index in [1.54, 1.807) is 0 Å². The smallest absolute Gasteiger partial charge is 0.0505 e. The van der Waals surface area contributed by atoms with E-state index >= 15 is 0 Å². The molecule has 96 valence electrons. The highest BCUT2D eigenvalue weighted by Gasteiger charge is 2.08. The van der Waals surface area contributed by atoms with Gasteiger partial charge in [0.1, 0.15) is 0 Å². The maximum atomic E-state index is 6.21. The van der Waals surface area contributed by atoms with E-state index in [-0.39, 0.29) is 0 Å². The van der Waals surface area contributed by atoms with Gasteiger partial charge < -0.3 is 4.57 Å². The van der Waals surface area contributed by atoms with Gasteiger partial charge in [0, 0.05) is 32.3 Å². The van der Waals surface area contributed by atoms with Gasteiger partial charge in [-0.1, -0.05) is 46.9 Å². The summed E-state index contributed by atoms with van der Waals surface area (Å²) in [6.45, 7) is 0.627. The van der Waals surface area contributed by atoms with Crippen molar-refractivity contribution < 1.29 is 0 Å². The summed E-state index contributed by atoms with van der Waals surface area (Å²) in [6.07, 6.45) is 2.01. The Hall–Kier alpha value is -1.15. The summed E-state index contributed by atoms with van der Waals surface area (Å²) >= 11 is 18.5. The number of nitrogens with zero attached hydrogens (tertiary/aromatic N) is 1. The van der Waals surface area contributed by atoms with Crippen LogP contribution in [-0.2, 0) is 6.54 Å². The van der Waals surface area contributed by atoms with Gasteiger partial charge in [-0.2, -0.15) is 0 Å². The topological polar surface area (TPSA) is 4.93 Å². The predicted molar refractivity (Wildman–Crippen MR) is 82.5 cm³/mol. The summed E-state index contributed by atoms with van der Waals surface area (Å²) in [5, 5.41) is 3.22. The van der Waals surface area contributed by atoms with Gasteiger partial charge in [0.05, 0.1) is 6.54 Å². The second kappa shape index (κ2) is 5.09. The lowest BCUT2D eigenvalue weighted by Gasteiger charge is -2.09. The molecule has 0 aliphatic rings. The lowest BCUT2D eigenvalue weighted by atomic mass is 10.2. The molecule has 0 aliphatic carbocycles. The van der Waals surface area contributed by atoms with Crippen molar-refractivity contribution in [3.05, 3.63) is 69.3 Å². The molecule has 0 unspecified atom stereocenters. The first-order valence-corrected chi connectivity index (χ1v) is 6.96. The SMILES string of the molecule is Clc1ccc2ccn(Cc3c(Cl)cccc3Cl)c2c1. The van der Waals surface area contributed by atoms with Crippen molar-refractivity contribution in [1.82, 2.24) is 4.57 Å². The number of benzene rings is 2. The van der Waals surface area contributed by atoms with Gasteiger partial charge in [-0.25, -0.2) is 0 Å². The molecule has 0 spiro atoms. The van der Waals surface area contributed by atoms with Crippen LogP contribution in [0.2, 0.25) is 15.1 Å². The molecule has 0 fully saturated rings. The maximum absolute atomic E-state index is 6.21. The molecule has 0 atom stereocenters. The molecule has 3 aromatic rings. The summed E-state index contributed by atoms with van der Waals surface area (Å²) < 4.78 is 2.09. The van der Waals surface area contributed by atoms with Crippen LogP contribution in [0.15, 0.2) is 48.7 Å². The Morgan fingerprint density at radius 1 is 0.895 bits per heavy atom. The molecule has 3 rings (SSSR count). The van der Waals surface area contributed by atoms with E-state index in [2.05, 4.69) is 10.6 Å². The van der Waals surface area contributed by atoms with E-state index in [9.17, 15) is 0 Å². The molecule has 1 nitrogen and oxygen atoms in total. The van der Waals surface area contributed by atoms with Crippen LogP contribution in [0.25, 0.3) is 10.9 Å². The maximum Gasteiger partial charge on any atom is 0.0505 e. The molecular weight excluding hydrogens is 301 g/mol. The first-order chi connectivity index (χ1) is 9.15. The molecule has 0 N–H and O–H groups in total. The fraction of sp³-hybridized carbons (Fsp3) is 0.0667. The molecule has 19 heavy (non-hydrogen) atoms. The quantitative estimate of drug-likeness (QED) is 0.576. The first-order valence-electron chi connectivity index (χ1n) is 5.82. The van der Waals surface area contributed by atoms with Crippen LogP contribution in [0.4, 0.5) is 0 Å². The molecule has 0 bridgehead atoms.